The van der Waals surface area contributed by atoms with Gasteiger partial charge >= 0.3 is 0 Å². The number of hydrogen-bond acceptors (Lipinski definition) is 2. The van der Waals surface area contributed by atoms with Crippen LogP contribution in [-0.4, -0.2) is 0 Å². The molecule has 0 spiro atoms. The summed E-state index contributed by atoms with van der Waals surface area (Å²) in [5.41, 5.74) is 8.25. The molecular weight excluding hydrogens is 277 g/mol. The van der Waals surface area contributed by atoms with Crippen molar-refractivity contribution >= 4 is 11.6 Å². The second kappa shape index (κ2) is 5.81. The van der Waals surface area contributed by atoms with E-state index in [0.717, 1.165) is 16.7 Å². The first kappa shape index (κ1) is 14.8. The minimum Gasteiger partial charge on any atom is -0.454 e. The zero-order valence-corrected chi connectivity index (χ0v) is 12.5. The minimum absolute atomic E-state index is 0.176. The number of aryl methyl sites for hydroxylation is 2. The summed E-state index contributed by atoms with van der Waals surface area (Å²) in [4.78, 5) is 0. The van der Waals surface area contributed by atoms with E-state index in [1.807, 2.05) is 13.8 Å². The van der Waals surface area contributed by atoms with Crippen molar-refractivity contribution in [1.82, 2.24) is 0 Å². The maximum Gasteiger partial charge on any atom is 0.166 e. The molecule has 0 bridgehead atoms. The summed E-state index contributed by atoms with van der Waals surface area (Å²) in [5.74, 6) is 0.317. The molecule has 0 aliphatic heterocycles. The van der Waals surface area contributed by atoms with E-state index in [9.17, 15) is 4.39 Å². The Morgan fingerprint density at radius 2 is 1.75 bits per heavy atom. The van der Waals surface area contributed by atoms with Gasteiger partial charge in [-0.1, -0.05) is 17.7 Å². The molecule has 2 N–H and O–H groups in total. The highest BCUT2D eigenvalue weighted by Gasteiger charge is 2.10. The number of hydrogen-bond donors (Lipinski definition) is 1. The number of ether oxygens (including phenoxy) is 1. The van der Waals surface area contributed by atoms with Crippen LogP contribution in [-0.2, 0) is 0 Å². The highest BCUT2D eigenvalue weighted by Crippen LogP contribution is 2.31. The lowest BCUT2D eigenvalue weighted by atomic mass is 10.1. The van der Waals surface area contributed by atoms with Gasteiger partial charge in [0.25, 0.3) is 0 Å². The first-order valence-electron chi connectivity index (χ1n) is 6.38. The Morgan fingerprint density at radius 1 is 1.15 bits per heavy atom. The lowest BCUT2D eigenvalue weighted by Crippen LogP contribution is -2.05. The molecule has 0 unspecified atom stereocenters. The fourth-order valence-electron chi connectivity index (χ4n) is 1.98. The van der Waals surface area contributed by atoms with Gasteiger partial charge in [-0.05, 0) is 61.7 Å². The highest BCUT2D eigenvalue weighted by molar-refractivity contribution is 6.32. The molecule has 0 saturated heterocycles. The maximum atomic E-state index is 14.0. The summed E-state index contributed by atoms with van der Waals surface area (Å²) in [5, 5.41) is 0.699. The lowest BCUT2D eigenvalue weighted by Gasteiger charge is -2.12. The molecular formula is C16H17ClFNO. The van der Waals surface area contributed by atoms with Crippen molar-refractivity contribution in [2.75, 3.05) is 0 Å². The summed E-state index contributed by atoms with van der Waals surface area (Å²) in [7, 11) is 0. The van der Waals surface area contributed by atoms with Crippen LogP contribution in [0, 0.1) is 19.7 Å². The largest absolute Gasteiger partial charge is 0.454 e. The van der Waals surface area contributed by atoms with Gasteiger partial charge in [-0.3, -0.25) is 0 Å². The van der Waals surface area contributed by atoms with E-state index in [1.54, 1.807) is 31.2 Å². The zero-order valence-electron chi connectivity index (χ0n) is 11.7. The lowest BCUT2D eigenvalue weighted by molar-refractivity contribution is 0.440. The van der Waals surface area contributed by atoms with Crippen LogP contribution >= 0.6 is 11.6 Å². The van der Waals surface area contributed by atoms with Gasteiger partial charge in [-0.2, -0.15) is 0 Å². The Morgan fingerprint density at radius 3 is 2.25 bits per heavy atom. The van der Waals surface area contributed by atoms with Crippen LogP contribution in [0.5, 0.6) is 11.5 Å². The summed E-state index contributed by atoms with van der Waals surface area (Å²) in [6, 6.07) is 8.11. The van der Waals surface area contributed by atoms with Crippen molar-refractivity contribution in [3.8, 4) is 11.5 Å². The summed E-state index contributed by atoms with van der Waals surface area (Å²) in [6.07, 6.45) is 0. The van der Waals surface area contributed by atoms with Crippen LogP contribution in [0.3, 0.4) is 0 Å². The molecule has 2 aromatic rings. The van der Waals surface area contributed by atoms with E-state index < -0.39 is 5.82 Å². The zero-order chi connectivity index (χ0) is 14.9. The molecule has 2 aromatic carbocycles. The van der Waals surface area contributed by atoms with Gasteiger partial charge in [0.15, 0.2) is 11.6 Å². The van der Waals surface area contributed by atoms with Crippen LogP contribution in [0.15, 0.2) is 30.3 Å². The van der Waals surface area contributed by atoms with Gasteiger partial charge in [0.2, 0.25) is 0 Å². The van der Waals surface area contributed by atoms with E-state index >= 15 is 0 Å². The topological polar surface area (TPSA) is 35.2 Å². The third-order valence-corrected chi connectivity index (χ3v) is 3.72. The number of nitrogens with two attached hydrogens (primary N) is 1. The Kier molecular flexibility index (Phi) is 4.31. The Labute approximate surface area is 123 Å². The monoisotopic (exact) mass is 293 g/mol. The van der Waals surface area contributed by atoms with E-state index in [2.05, 4.69) is 0 Å². The average Bonchev–Trinajstić information content (AvgIpc) is 2.38. The van der Waals surface area contributed by atoms with Crippen LogP contribution < -0.4 is 10.5 Å². The Bertz CT molecular complexity index is 617. The van der Waals surface area contributed by atoms with Gasteiger partial charge in [-0.15, -0.1) is 0 Å². The van der Waals surface area contributed by atoms with Crippen LogP contribution in [0.2, 0.25) is 5.02 Å². The minimum atomic E-state index is -0.426. The fourth-order valence-corrected chi connectivity index (χ4v) is 2.08. The second-order valence-electron chi connectivity index (χ2n) is 4.95. The van der Waals surface area contributed by atoms with E-state index in [0.29, 0.717) is 10.8 Å². The Balaban J connectivity index is 2.31. The number of halogens is 2. The third kappa shape index (κ3) is 3.11. The smallest absolute Gasteiger partial charge is 0.166 e. The average molecular weight is 294 g/mol. The maximum absolute atomic E-state index is 14.0. The van der Waals surface area contributed by atoms with Gasteiger partial charge in [0, 0.05) is 11.1 Å². The molecule has 0 aromatic heterocycles. The summed E-state index contributed by atoms with van der Waals surface area (Å²) >= 11 is 6.10. The van der Waals surface area contributed by atoms with Crippen molar-refractivity contribution < 1.29 is 9.13 Å². The van der Waals surface area contributed by atoms with Crippen LogP contribution in [0.25, 0.3) is 0 Å². The Hall–Kier alpha value is -1.58. The van der Waals surface area contributed by atoms with Crippen molar-refractivity contribution in [2.45, 2.75) is 26.8 Å². The first-order valence-corrected chi connectivity index (χ1v) is 6.76. The normalized spacial score (nSPS) is 12.3. The van der Waals surface area contributed by atoms with E-state index in [4.69, 9.17) is 22.1 Å². The summed E-state index contributed by atoms with van der Waals surface area (Å²) < 4.78 is 19.6. The first-order chi connectivity index (χ1) is 9.38. The third-order valence-electron chi connectivity index (χ3n) is 3.12. The van der Waals surface area contributed by atoms with Gasteiger partial charge in [-0.25, -0.2) is 4.39 Å². The van der Waals surface area contributed by atoms with Crippen LogP contribution in [0.1, 0.15) is 29.7 Å². The summed E-state index contributed by atoms with van der Waals surface area (Å²) in [6.45, 7) is 5.58. The molecule has 0 saturated carbocycles. The predicted octanol–water partition coefficient (Wildman–Crippen LogP) is 4.91. The predicted molar refractivity (Wildman–Crippen MR) is 80.0 cm³/mol. The molecule has 0 aliphatic carbocycles. The molecule has 0 fully saturated rings. The molecule has 106 valence electrons. The van der Waals surface area contributed by atoms with E-state index in [-0.39, 0.29) is 11.8 Å². The fraction of sp³-hybridized carbons (Fsp3) is 0.250. The highest BCUT2D eigenvalue weighted by atomic mass is 35.5. The quantitative estimate of drug-likeness (QED) is 0.873. The molecule has 0 amide bonds. The second-order valence-corrected chi connectivity index (χ2v) is 5.33. The molecule has 1 atom stereocenters. The number of rotatable bonds is 3. The molecule has 2 rings (SSSR count). The van der Waals surface area contributed by atoms with Crippen molar-refractivity contribution in [3.05, 3.63) is 57.9 Å². The molecule has 0 radical (unpaired) electrons. The standard InChI is InChI=1S/C16H17ClFNO/c1-9-6-13(7-10(2)16(9)17)20-15-5-4-12(11(3)19)8-14(15)18/h4-8,11H,19H2,1-3H3/t11-/m0/s1. The molecule has 2 nitrogen and oxygen atoms in total. The van der Waals surface area contributed by atoms with Crippen LogP contribution in [0.4, 0.5) is 4.39 Å². The van der Waals surface area contributed by atoms with Crippen molar-refractivity contribution in [2.24, 2.45) is 5.73 Å². The molecule has 20 heavy (non-hydrogen) atoms. The van der Waals surface area contributed by atoms with Crippen molar-refractivity contribution in [3.63, 3.8) is 0 Å². The molecule has 0 heterocycles. The van der Waals surface area contributed by atoms with Gasteiger partial charge in [0.05, 0.1) is 0 Å². The van der Waals surface area contributed by atoms with Gasteiger partial charge in [0.1, 0.15) is 5.75 Å². The molecule has 4 heteroatoms. The molecule has 0 aliphatic rings. The number of benzene rings is 2. The van der Waals surface area contributed by atoms with Crippen molar-refractivity contribution in [1.29, 1.82) is 0 Å². The van der Waals surface area contributed by atoms with Gasteiger partial charge < -0.3 is 10.5 Å². The van der Waals surface area contributed by atoms with E-state index in [1.165, 1.54) is 6.07 Å². The SMILES string of the molecule is Cc1cc(Oc2ccc([C@H](C)N)cc2F)cc(C)c1Cl.